The Labute approximate surface area is 107 Å². The first-order valence-corrected chi connectivity index (χ1v) is 6.48. The first-order valence-electron chi connectivity index (χ1n) is 5.00. The summed E-state index contributed by atoms with van der Waals surface area (Å²) < 4.78 is 25.1. The van der Waals surface area contributed by atoms with Crippen molar-refractivity contribution in [1.82, 2.24) is 20.2 Å². The number of hydrogen-bond donors (Lipinski definition) is 2. The van der Waals surface area contributed by atoms with Crippen LogP contribution in [0, 0.1) is 0 Å². The molecule has 0 saturated carbocycles. The number of rotatable bonds is 4. The molecule has 19 heavy (non-hydrogen) atoms. The average molecular weight is 283 g/mol. The van der Waals surface area contributed by atoms with Gasteiger partial charge in [0.05, 0.1) is 4.90 Å². The van der Waals surface area contributed by atoms with Crippen molar-refractivity contribution in [3.05, 3.63) is 24.3 Å². The zero-order chi connectivity index (χ0) is 14.0. The molecule has 0 aliphatic rings. The molecule has 1 aromatic carbocycles. The van der Waals surface area contributed by atoms with Crippen LogP contribution in [-0.2, 0) is 21.2 Å². The van der Waals surface area contributed by atoms with Crippen molar-refractivity contribution >= 4 is 21.5 Å². The molecular weight excluding hydrogens is 274 g/mol. The Balaban J connectivity index is 2.48. The molecule has 0 aliphatic heterocycles. The minimum absolute atomic E-state index is 0.0665. The number of benzene rings is 1. The van der Waals surface area contributed by atoms with Gasteiger partial charge in [0.25, 0.3) is 5.16 Å². The molecule has 2 rings (SSSR count). The Bertz CT molecular complexity index is 706. The third-order valence-corrected chi connectivity index (χ3v) is 3.88. The number of nitrogens with zero attached hydrogens (tertiary/aromatic N) is 4. The van der Waals surface area contributed by atoms with Crippen molar-refractivity contribution in [2.24, 2.45) is 0 Å². The molecule has 0 radical (unpaired) electrons. The number of carboxylic acid groups (broad SMARTS) is 1. The molecule has 0 amide bonds. The Kier molecular flexibility index (Phi) is 3.17. The summed E-state index contributed by atoms with van der Waals surface area (Å²) in [5.74, 6) is -1.25. The molecule has 1 aromatic heterocycles. The maximum Gasteiger partial charge on any atom is 0.325 e. The normalized spacial score (nSPS) is 11.4. The van der Waals surface area contributed by atoms with Gasteiger partial charge in [-0.25, -0.2) is 13.1 Å². The van der Waals surface area contributed by atoms with Gasteiger partial charge in [-0.2, -0.15) is 0 Å². The van der Waals surface area contributed by atoms with Gasteiger partial charge in [-0.15, -0.1) is 0 Å². The van der Waals surface area contributed by atoms with E-state index in [1.165, 1.54) is 24.3 Å². The van der Waals surface area contributed by atoms with E-state index in [1.807, 2.05) is 0 Å². The summed E-state index contributed by atoms with van der Waals surface area (Å²) in [4.78, 5) is 10.5. The summed E-state index contributed by atoms with van der Waals surface area (Å²) >= 11 is 0. The highest BCUT2D eigenvalue weighted by Crippen LogP contribution is 2.19. The fourth-order valence-electron chi connectivity index (χ4n) is 1.37. The molecule has 0 bridgehead atoms. The van der Waals surface area contributed by atoms with Crippen LogP contribution in [0.3, 0.4) is 0 Å². The second-order valence-electron chi connectivity index (χ2n) is 3.59. The van der Waals surface area contributed by atoms with Crippen LogP contribution >= 0.6 is 0 Å². The number of aromatic nitrogens is 4. The standard InChI is InChI=1S/C9H9N5O4S/c10-6-1-3-7(4-2-6)19(17,18)9-11-12-13-14(9)5-8(15)16/h1-4H,5,10H2,(H,15,16). The molecule has 1 heterocycles. The molecule has 0 aliphatic carbocycles. The van der Waals surface area contributed by atoms with Crippen molar-refractivity contribution in [1.29, 1.82) is 0 Å². The molecule has 3 N–H and O–H groups in total. The summed E-state index contributed by atoms with van der Waals surface area (Å²) in [6.45, 7) is -0.642. The summed E-state index contributed by atoms with van der Waals surface area (Å²) in [6.07, 6.45) is 0. The number of hydrogen-bond acceptors (Lipinski definition) is 7. The van der Waals surface area contributed by atoms with Gasteiger partial charge in [-0.1, -0.05) is 5.10 Å². The number of nitrogens with two attached hydrogens (primary N) is 1. The van der Waals surface area contributed by atoms with Crippen LogP contribution in [0.25, 0.3) is 0 Å². The Morgan fingerprint density at radius 3 is 2.53 bits per heavy atom. The van der Waals surface area contributed by atoms with Crippen LogP contribution in [-0.4, -0.2) is 39.7 Å². The van der Waals surface area contributed by atoms with E-state index in [0.29, 0.717) is 10.4 Å². The number of nitrogen functional groups attached to an aromatic ring is 1. The van der Waals surface area contributed by atoms with Crippen molar-refractivity contribution in [3.8, 4) is 0 Å². The van der Waals surface area contributed by atoms with Gasteiger partial charge < -0.3 is 10.8 Å². The Hall–Kier alpha value is -2.49. The van der Waals surface area contributed by atoms with Crippen molar-refractivity contribution in [2.75, 3.05) is 5.73 Å². The van der Waals surface area contributed by atoms with Crippen LogP contribution in [0.5, 0.6) is 0 Å². The van der Waals surface area contributed by atoms with E-state index in [9.17, 15) is 13.2 Å². The lowest BCUT2D eigenvalue weighted by molar-refractivity contribution is -0.138. The number of carbonyl (C=O) groups is 1. The Morgan fingerprint density at radius 1 is 1.32 bits per heavy atom. The highest BCUT2D eigenvalue weighted by Gasteiger charge is 2.26. The quantitative estimate of drug-likeness (QED) is 0.693. The number of sulfone groups is 1. The molecule has 0 spiro atoms. The maximum atomic E-state index is 12.2. The van der Waals surface area contributed by atoms with Gasteiger partial charge in [0.1, 0.15) is 6.54 Å². The molecule has 0 atom stereocenters. The van der Waals surface area contributed by atoms with E-state index >= 15 is 0 Å². The molecule has 100 valence electrons. The van der Waals surface area contributed by atoms with Crippen LogP contribution in [0.1, 0.15) is 0 Å². The van der Waals surface area contributed by atoms with Crippen LogP contribution in [0.2, 0.25) is 0 Å². The molecular formula is C9H9N5O4S. The van der Waals surface area contributed by atoms with E-state index in [-0.39, 0.29) is 4.90 Å². The largest absolute Gasteiger partial charge is 0.480 e. The minimum Gasteiger partial charge on any atom is -0.480 e. The van der Waals surface area contributed by atoms with Crippen LogP contribution < -0.4 is 5.73 Å². The van der Waals surface area contributed by atoms with Crippen molar-refractivity contribution in [2.45, 2.75) is 16.6 Å². The van der Waals surface area contributed by atoms with Crippen LogP contribution in [0.4, 0.5) is 5.69 Å². The van der Waals surface area contributed by atoms with Gasteiger partial charge in [-0.05, 0) is 34.7 Å². The van der Waals surface area contributed by atoms with Gasteiger partial charge in [0.15, 0.2) is 0 Å². The average Bonchev–Trinajstić information content (AvgIpc) is 2.77. The zero-order valence-corrected chi connectivity index (χ0v) is 10.3. The highest BCUT2D eigenvalue weighted by molar-refractivity contribution is 7.91. The summed E-state index contributed by atoms with van der Waals surface area (Å²) in [5, 5.41) is 18.0. The number of anilines is 1. The van der Waals surface area contributed by atoms with E-state index < -0.39 is 27.5 Å². The SMILES string of the molecule is Nc1ccc(S(=O)(=O)c2nnnn2CC(=O)O)cc1. The first-order chi connectivity index (χ1) is 8.91. The number of tetrazole rings is 1. The predicted octanol–water partition coefficient (Wildman–Crippen LogP) is -0.827. The number of aliphatic carboxylic acids is 1. The summed E-state index contributed by atoms with van der Waals surface area (Å²) in [5.41, 5.74) is 5.87. The second-order valence-corrected chi connectivity index (χ2v) is 5.43. The Morgan fingerprint density at radius 2 is 1.95 bits per heavy atom. The monoisotopic (exact) mass is 283 g/mol. The second kappa shape index (κ2) is 4.65. The predicted molar refractivity (Wildman–Crippen MR) is 61.8 cm³/mol. The lowest BCUT2D eigenvalue weighted by atomic mass is 10.3. The third-order valence-electron chi connectivity index (χ3n) is 2.21. The molecule has 0 unspecified atom stereocenters. The fourth-order valence-corrected chi connectivity index (χ4v) is 2.60. The maximum absolute atomic E-state index is 12.2. The topological polar surface area (TPSA) is 141 Å². The highest BCUT2D eigenvalue weighted by atomic mass is 32.2. The lowest BCUT2D eigenvalue weighted by Crippen LogP contribution is -2.17. The molecule has 9 nitrogen and oxygen atoms in total. The van der Waals surface area contributed by atoms with Gasteiger partial charge in [0.2, 0.25) is 9.84 Å². The van der Waals surface area contributed by atoms with Gasteiger partial charge in [0, 0.05) is 5.69 Å². The van der Waals surface area contributed by atoms with Crippen molar-refractivity contribution in [3.63, 3.8) is 0 Å². The minimum atomic E-state index is -3.98. The lowest BCUT2D eigenvalue weighted by Gasteiger charge is -2.04. The van der Waals surface area contributed by atoms with E-state index in [0.717, 1.165) is 0 Å². The van der Waals surface area contributed by atoms with E-state index in [4.69, 9.17) is 10.8 Å². The third kappa shape index (κ3) is 2.52. The zero-order valence-electron chi connectivity index (χ0n) is 9.46. The van der Waals surface area contributed by atoms with Crippen molar-refractivity contribution < 1.29 is 18.3 Å². The molecule has 0 fully saturated rings. The van der Waals surface area contributed by atoms with Gasteiger partial charge in [-0.3, -0.25) is 4.79 Å². The number of carboxylic acids is 1. The fraction of sp³-hybridized carbons (Fsp3) is 0.111. The van der Waals surface area contributed by atoms with E-state index in [2.05, 4.69) is 15.5 Å². The van der Waals surface area contributed by atoms with E-state index in [1.54, 1.807) is 0 Å². The molecule has 2 aromatic rings. The molecule has 10 heteroatoms. The summed E-state index contributed by atoms with van der Waals surface area (Å²) in [7, 11) is -3.98. The van der Waals surface area contributed by atoms with Gasteiger partial charge >= 0.3 is 5.97 Å². The van der Waals surface area contributed by atoms with Crippen LogP contribution in [0.15, 0.2) is 34.3 Å². The first kappa shape index (κ1) is 13.0. The summed E-state index contributed by atoms with van der Waals surface area (Å²) in [6, 6.07) is 5.42. The molecule has 0 saturated heterocycles. The smallest absolute Gasteiger partial charge is 0.325 e.